The van der Waals surface area contributed by atoms with E-state index in [1.54, 1.807) is 13.2 Å². The number of anilines is 1. The van der Waals surface area contributed by atoms with Crippen LogP contribution >= 0.6 is 24.0 Å². The van der Waals surface area contributed by atoms with Gasteiger partial charge in [-0.1, -0.05) is 54.1 Å². The van der Waals surface area contributed by atoms with Crippen LogP contribution < -0.4 is 10.5 Å². The molecule has 0 fully saturated rings. The Morgan fingerprint density at radius 2 is 1.83 bits per heavy atom. The number of methoxy groups -OCH3 is 1. The molecule has 0 aliphatic heterocycles. The Kier molecular flexibility index (Phi) is 6.41. The van der Waals surface area contributed by atoms with Gasteiger partial charge in [0.2, 0.25) is 0 Å². The minimum absolute atomic E-state index is 0. The summed E-state index contributed by atoms with van der Waals surface area (Å²) in [5, 5.41) is 20.5. The Balaban J connectivity index is 0.00000256. The van der Waals surface area contributed by atoms with Gasteiger partial charge in [0.1, 0.15) is 17.5 Å². The fourth-order valence-corrected chi connectivity index (χ4v) is 3.67. The van der Waals surface area contributed by atoms with Crippen LogP contribution in [-0.4, -0.2) is 17.3 Å². The first-order chi connectivity index (χ1) is 14.1. The molecule has 0 spiro atoms. The van der Waals surface area contributed by atoms with Crippen LogP contribution in [0, 0.1) is 11.3 Å². The third-order valence-electron chi connectivity index (χ3n) is 4.82. The van der Waals surface area contributed by atoms with Gasteiger partial charge in [0.25, 0.3) is 0 Å². The SMILES string of the molecule is COc1ccc(Cc2nnc(-c3ccccc3)c3ccc(C#N)c(N)c23)cc1Cl.Cl. The molecule has 0 unspecified atom stereocenters. The van der Waals surface area contributed by atoms with Gasteiger partial charge in [-0.15, -0.1) is 17.5 Å². The largest absolute Gasteiger partial charge is 0.495 e. The molecule has 1 heterocycles. The lowest BCUT2D eigenvalue weighted by atomic mass is 9.97. The van der Waals surface area contributed by atoms with Crippen LogP contribution in [0.25, 0.3) is 22.0 Å². The smallest absolute Gasteiger partial charge is 0.137 e. The average Bonchev–Trinajstić information content (AvgIpc) is 2.75. The van der Waals surface area contributed by atoms with E-state index in [9.17, 15) is 5.26 Å². The minimum Gasteiger partial charge on any atom is -0.495 e. The highest BCUT2D eigenvalue weighted by Gasteiger charge is 2.16. The first kappa shape index (κ1) is 21.4. The second kappa shape index (κ2) is 9.00. The molecule has 0 bridgehead atoms. The van der Waals surface area contributed by atoms with Crippen LogP contribution in [0.5, 0.6) is 5.75 Å². The van der Waals surface area contributed by atoms with Crippen LogP contribution in [0.4, 0.5) is 5.69 Å². The Labute approximate surface area is 185 Å². The first-order valence-corrected chi connectivity index (χ1v) is 9.36. The van der Waals surface area contributed by atoms with Gasteiger partial charge >= 0.3 is 0 Å². The van der Waals surface area contributed by atoms with Gasteiger partial charge in [0.05, 0.1) is 29.1 Å². The minimum atomic E-state index is 0. The summed E-state index contributed by atoms with van der Waals surface area (Å²) in [4.78, 5) is 0. The van der Waals surface area contributed by atoms with Crippen LogP contribution in [0.3, 0.4) is 0 Å². The fraction of sp³-hybridized carbons (Fsp3) is 0.0870. The van der Waals surface area contributed by atoms with Crippen molar-refractivity contribution < 1.29 is 4.74 Å². The lowest BCUT2D eigenvalue weighted by Gasteiger charge is -2.13. The number of hydrogen-bond donors (Lipinski definition) is 1. The predicted octanol–water partition coefficient (Wildman–Crippen LogP) is 5.43. The number of rotatable bonds is 4. The molecule has 2 N–H and O–H groups in total. The van der Waals surface area contributed by atoms with E-state index in [0.29, 0.717) is 34.1 Å². The van der Waals surface area contributed by atoms with Gasteiger partial charge in [-0.2, -0.15) is 10.4 Å². The Morgan fingerprint density at radius 1 is 1.07 bits per heavy atom. The summed E-state index contributed by atoms with van der Waals surface area (Å²) in [5.74, 6) is 0.608. The van der Waals surface area contributed by atoms with E-state index in [0.717, 1.165) is 27.6 Å². The van der Waals surface area contributed by atoms with E-state index in [1.807, 2.05) is 54.6 Å². The van der Waals surface area contributed by atoms with Gasteiger partial charge in [-0.05, 0) is 23.8 Å². The number of nitriles is 1. The summed E-state index contributed by atoms with van der Waals surface area (Å²) in [6.45, 7) is 0. The maximum atomic E-state index is 9.44. The number of halogens is 2. The third kappa shape index (κ3) is 3.88. The van der Waals surface area contributed by atoms with E-state index in [1.165, 1.54) is 0 Å². The third-order valence-corrected chi connectivity index (χ3v) is 5.11. The van der Waals surface area contributed by atoms with Crippen molar-refractivity contribution in [3.05, 3.63) is 82.5 Å². The molecule has 3 aromatic carbocycles. The zero-order chi connectivity index (χ0) is 20.4. The zero-order valence-corrected chi connectivity index (χ0v) is 17.7. The van der Waals surface area contributed by atoms with E-state index >= 15 is 0 Å². The molecule has 4 aromatic rings. The molecular weight excluding hydrogens is 419 g/mol. The van der Waals surface area contributed by atoms with Gasteiger partial charge < -0.3 is 10.5 Å². The number of nitrogens with zero attached hydrogens (tertiary/aromatic N) is 3. The van der Waals surface area contributed by atoms with Gasteiger partial charge in [0.15, 0.2) is 0 Å². The van der Waals surface area contributed by atoms with Crippen LogP contribution in [0.15, 0.2) is 60.7 Å². The van der Waals surface area contributed by atoms with E-state index in [-0.39, 0.29) is 12.4 Å². The lowest BCUT2D eigenvalue weighted by molar-refractivity contribution is 0.415. The highest BCUT2D eigenvalue weighted by molar-refractivity contribution is 6.32. The summed E-state index contributed by atoms with van der Waals surface area (Å²) >= 11 is 6.27. The van der Waals surface area contributed by atoms with Crippen molar-refractivity contribution in [2.24, 2.45) is 0 Å². The maximum absolute atomic E-state index is 9.44. The molecule has 0 atom stereocenters. The Hall–Kier alpha value is -3.33. The van der Waals surface area contributed by atoms with E-state index in [4.69, 9.17) is 22.1 Å². The van der Waals surface area contributed by atoms with Crippen molar-refractivity contribution >= 4 is 40.5 Å². The first-order valence-electron chi connectivity index (χ1n) is 8.98. The second-order valence-electron chi connectivity index (χ2n) is 6.57. The number of nitrogens with two attached hydrogens (primary N) is 1. The standard InChI is InChI=1S/C23H17ClN4O.ClH/c1-29-20-10-7-14(11-18(20)24)12-19-21-17(9-8-16(13-25)22(21)26)23(28-27-19)15-5-3-2-4-6-15;/h2-11H,12,26H2,1H3;1H. The zero-order valence-electron chi connectivity index (χ0n) is 16.1. The summed E-state index contributed by atoms with van der Waals surface area (Å²) in [7, 11) is 1.58. The van der Waals surface area contributed by atoms with Crippen molar-refractivity contribution in [1.82, 2.24) is 10.2 Å². The van der Waals surface area contributed by atoms with E-state index in [2.05, 4.69) is 16.3 Å². The molecule has 0 aliphatic carbocycles. The second-order valence-corrected chi connectivity index (χ2v) is 6.98. The van der Waals surface area contributed by atoms with Crippen molar-refractivity contribution in [3.8, 4) is 23.1 Å². The number of hydrogen-bond acceptors (Lipinski definition) is 5. The normalized spacial score (nSPS) is 10.3. The lowest BCUT2D eigenvalue weighted by Crippen LogP contribution is -2.03. The molecule has 5 nitrogen and oxygen atoms in total. The van der Waals surface area contributed by atoms with Crippen molar-refractivity contribution in [1.29, 1.82) is 5.26 Å². The molecule has 0 aliphatic rings. The average molecular weight is 437 g/mol. The summed E-state index contributed by atoms with van der Waals surface area (Å²) in [5.41, 5.74) is 10.5. The monoisotopic (exact) mass is 436 g/mol. The molecule has 0 saturated heterocycles. The number of nitrogen functional groups attached to an aromatic ring is 1. The molecule has 0 radical (unpaired) electrons. The van der Waals surface area contributed by atoms with Crippen LogP contribution in [0.1, 0.15) is 16.8 Å². The summed E-state index contributed by atoms with van der Waals surface area (Å²) in [6.07, 6.45) is 0.474. The van der Waals surface area contributed by atoms with Gasteiger partial charge in [0, 0.05) is 22.8 Å². The van der Waals surface area contributed by atoms with Gasteiger partial charge in [-0.25, -0.2) is 0 Å². The Morgan fingerprint density at radius 3 is 2.50 bits per heavy atom. The summed E-state index contributed by atoms with van der Waals surface area (Å²) in [6, 6.07) is 21.1. The highest BCUT2D eigenvalue weighted by atomic mass is 35.5. The topological polar surface area (TPSA) is 84.8 Å². The predicted molar refractivity (Wildman–Crippen MR) is 122 cm³/mol. The fourth-order valence-electron chi connectivity index (χ4n) is 3.39. The molecule has 30 heavy (non-hydrogen) atoms. The number of ether oxygens (including phenoxy) is 1. The van der Waals surface area contributed by atoms with Crippen LogP contribution in [-0.2, 0) is 6.42 Å². The highest BCUT2D eigenvalue weighted by Crippen LogP contribution is 2.34. The molecule has 0 amide bonds. The molecule has 4 rings (SSSR count). The quantitative estimate of drug-likeness (QED) is 0.431. The van der Waals surface area contributed by atoms with Gasteiger partial charge in [-0.3, -0.25) is 0 Å². The molecule has 7 heteroatoms. The number of aromatic nitrogens is 2. The van der Waals surface area contributed by atoms with Crippen molar-refractivity contribution in [2.75, 3.05) is 12.8 Å². The van der Waals surface area contributed by atoms with Crippen molar-refractivity contribution in [2.45, 2.75) is 6.42 Å². The Bertz CT molecular complexity index is 1250. The molecule has 0 saturated carbocycles. The van der Waals surface area contributed by atoms with Crippen molar-refractivity contribution in [3.63, 3.8) is 0 Å². The molecule has 150 valence electrons. The molecule has 1 aromatic heterocycles. The summed E-state index contributed by atoms with van der Waals surface area (Å²) < 4.78 is 5.22. The van der Waals surface area contributed by atoms with Crippen LogP contribution in [0.2, 0.25) is 5.02 Å². The maximum Gasteiger partial charge on any atom is 0.137 e. The number of fused-ring (bicyclic) bond motifs is 1. The van der Waals surface area contributed by atoms with E-state index < -0.39 is 0 Å². The molecular formula is C23H18Cl2N4O. The number of benzene rings is 3.